The predicted octanol–water partition coefficient (Wildman–Crippen LogP) is 0.815. The van der Waals surface area contributed by atoms with E-state index in [1.165, 1.54) is 9.25 Å². The minimum atomic E-state index is -0.275. The molecular weight excluding hydrogens is 360 g/mol. The molecule has 2 atom stereocenters. The fraction of sp³-hybridized carbons (Fsp3) is 0.421. The Hall–Kier alpha value is -3.07. The summed E-state index contributed by atoms with van der Waals surface area (Å²) in [6.07, 6.45) is 3.83. The fourth-order valence-electron chi connectivity index (χ4n) is 3.60. The van der Waals surface area contributed by atoms with Crippen LogP contribution in [0.25, 0.3) is 11.0 Å². The number of nitrogens with zero attached hydrogens (tertiary/aromatic N) is 5. The highest BCUT2D eigenvalue weighted by atomic mass is 16.5. The van der Waals surface area contributed by atoms with Gasteiger partial charge in [0.05, 0.1) is 30.3 Å². The number of rotatable bonds is 4. The van der Waals surface area contributed by atoms with E-state index in [-0.39, 0.29) is 23.2 Å². The van der Waals surface area contributed by atoms with Crippen molar-refractivity contribution in [2.45, 2.75) is 30.8 Å². The highest BCUT2D eigenvalue weighted by Crippen LogP contribution is 2.38. The minimum absolute atomic E-state index is 0.159. The van der Waals surface area contributed by atoms with Crippen LogP contribution in [0.15, 0.2) is 40.1 Å². The van der Waals surface area contributed by atoms with Gasteiger partial charge in [0.25, 0.3) is 11.1 Å². The molecule has 9 nitrogen and oxygen atoms in total. The second-order valence-electron chi connectivity index (χ2n) is 7.35. The molecule has 5 rings (SSSR count). The SMILES string of the molecule is Cn1c(NC2COCC2n2nc(C3CC3)ccc2=O)nc2ncccc2c1=O. The van der Waals surface area contributed by atoms with Crippen molar-refractivity contribution in [2.75, 3.05) is 18.5 Å². The lowest BCUT2D eigenvalue weighted by Gasteiger charge is -2.22. The maximum absolute atomic E-state index is 12.6. The zero-order valence-corrected chi connectivity index (χ0v) is 15.4. The zero-order chi connectivity index (χ0) is 19.3. The Morgan fingerprint density at radius 1 is 1.18 bits per heavy atom. The largest absolute Gasteiger partial charge is 0.377 e. The lowest BCUT2D eigenvalue weighted by Crippen LogP contribution is -2.39. The van der Waals surface area contributed by atoms with E-state index in [0.29, 0.717) is 36.1 Å². The summed E-state index contributed by atoms with van der Waals surface area (Å²) in [5, 5.41) is 8.31. The molecule has 2 fully saturated rings. The average Bonchev–Trinajstić information content (AvgIpc) is 3.46. The van der Waals surface area contributed by atoms with Crippen molar-refractivity contribution >= 4 is 17.0 Å². The van der Waals surface area contributed by atoms with Crippen LogP contribution in [0.1, 0.15) is 30.5 Å². The van der Waals surface area contributed by atoms with Gasteiger partial charge in [-0.25, -0.2) is 9.67 Å². The average molecular weight is 380 g/mol. The monoisotopic (exact) mass is 380 g/mol. The molecule has 2 aliphatic rings. The van der Waals surface area contributed by atoms with Crippen molar-refractivity contribution in [3.05, 3.63) is 56.9 Å². The molecule has 1 saturated heterocycles. The standard InChI is InChI=1S/C19H20N6O3/c1-24-18(27)12-3-2-8-20-17(12)22-19(24)21-14-9-28-10-15(14)25-16(26)7-6-13(23-25)11-4-5-11/h2-3,6-8,11,14-15H,4-5,9-10H2,1H3,(H,20,21,22). The van der Waals surface area contributed by atoms with Crippen molar-refractivity contribution < 1.29 is 4.74 Å². The van der Waals surface area contributed by atoms with Gasteiger partial charge in [-0.05, 0) is 31.0 Å². The van der Waals surface area contributed by atoms with E-state index < -0.39 is 0 Å². The molecule has 0 bridgehead atoms. The maximum atomic E-state index is 12.6. The van der Waals surface area contributed by atoms with Crippen LogP contribution in [-0.2, 0) is 11.8 Å². The van der Waals surface area contributed by atoms with E-state index in [4.69, 9.17) is 4.74 Å². The molecule has 1 saturated carbocycles. The number of ether oxygens (including phenoxy) is 1. The normalized spacial score (nSPS) is 21.9. The van der Waals surface area contributed by atoms with Gasteiger partial charge in [-0.1, -0.05) is 0 Å². The van der Waals surface area contributed by atoms with Crippen LogP contribution >= 0.6 is 0 Å². The Kier molecular flexibility index (Phi) is 3.97. The van der Waals surface area contributed by atoms with Gasteiger partial charge in [-0.2, -0.15) is 10.1 Å². The zero-order valence-electron chi connectivity index (χ0n) is 15.4. The molecule has 0 spiro atoms. The Balaban J connectivity index is 1.50. The first kappa shape index (κ1) is 17.1. The molecule has 144 valence electrons. The summed E-state index contributed by atoms with van der Waals surface area (Å²) in [6.45, 7) is 0.765. The van der Waals surface area contributed by atoms with E-state index in [1.807, 2.05) is 6.07 Å². The van der Waals surface area contributed by atoms with Crippen LogP contribution in [0.3, 0.4) is 0 Å². The van der Waals surface area contributed by atoms with Crippen molar-refractivity contribution in [1.82, 2.24) is 24.3 Å². The highest BCUT2D eigenvalue weighted by molar-refractivity contribution is 5.74. The van der Waals surface area contributed by atoms with Gasteiger partial charge in [0.1, 0.15) is 6.04 Å². The van der Waals surface area contributed by atoms with Crippen molar-refractivity contribution in [2.24, 2.45) is 7.05 Å². The number of pyridine rings is 1. The molecule has 1 aliphatic carbocycles. The van der Waals surface area contributed by atoms with Gasteiger partial charge in [-0.15, -0.1) is 0 Å². The van der Waals surface area contributed by atoms with Gasteiger partial charge >= 0.3 is 0 Å². The molecule has 1 aliphatic heterocycles. The third-order valence-corrected chi connectivity index (χ3v) is 5.37. The summed E-state index contributed by atoms with van der Waals surface area (Å²) in [6, 6.07) is 6.29. The van der Waals surface area contributed by atoms with Crippen LogP contribution in [0.5, 0.6) is 0 Å². The Morgan fingerprint density at radius 2 is 2.04 bits per heavy atom. The lowest BCUT2D eigenvalue weighted by molar-refractivity contribution is 0.182. The highest BCUT2D eigenvalue weighted by Gasteiger charge is 2.33. The molecule has 4 heterocycles. The van der Waals surface area contributed by atoms with E-state index in [0.717, 1.165) is 18.5 Å². The Bertz CT molecular complexity index is 1170. The van der Waals surface area contributed by atoms with Crippen LogP contribution < -0.4 is 16.4 Å². The first-order valence-corrected chi connectivity index (χ1v) is 9.37. The molecule has 0 aromatic carbocycles. The Morgan fingerprint density at radius 3 is 2.86 bits per heavy atom. The quantitative estimate of drug-likeness (QED) is 0.714. The van der Waals surface area contributed by atoms with E-state index in [2.05, 4.69) is 20.4 Å². The second-order valence-corrected chi connectivity index (χ2v) is 7.35. The summed E-state index contributed by atoms with van der Waals surface area (Å²) in [7, 11) is 1.66. The van der Waals surface area contributed by atoms with E-state index >= 15 is 0 Å². The first-order chi connectivity index (χ1) is 13.6. The van der Waals surface area contributed by atoms with Crippen molar-refractivity contribution in [3.8, 4) is 0 Å². The summed E-state index contributed by atoms with van der Waals surface area (Å²) < 4.78 is 8.60. The van der Waals surface area contributed by atoms with Crippen LogP contribution in [-0.4, -0.2) is 43.6 Å². The molecule has 3 aromatic heterocycles. The van der Waals surface area contributed by atoms with Gasteiger partial charge < -0.3 is 10.1 Å². The third kappa shape index (κ3) is 2.88. The van der Waals surface area contributed by atoms with Crippen molar-refractivity contribution in [1.29, 1.82) is 0 Å². The molecule has 1 N–H and O–H groups in total. The van der Waals surface area contributed by atoms with Gasteiger partial charge in [-0.3, -0.25) is 14.2 Å². The fourth-order valence-corrected chi connectivity index (χ4v) is 3.60. The third-order valence-electron chi connectivity index (χ3n) is 5.37. The lowest BCUT2D eigenvalue weighted by atomic mass is 10.1. The molecule has 9 heteroatoms. The van der Waals surface area contributed by atoms with Gasteiger partial charge in [0.2, 0.25) is 5.95 Å². The topological polar surface area (TPSA) is 104 Å². The smallest absolute Gasteiger partial charge is 0.267 e. The molecule has 28 heavy (non-hydrogen) atoms. The van der Waals surface area contributed by atoms with Crippen LogP contribution in [0.4, 0.5) is 5.95 Å². The molecule has 2 unspecified atom stereocenters. The molecular formula is C19H20N6O3. The van der Waals surface area contributed by atoms with Crippen LogP contribution in [0, 0.1) is 0 Å². The van der Waals surface area contributed by atoms with Crippen LogP contribution in [0.2, 0.25) is 0 Å². The number of anilines is 1. The molecule has 0 amide bonds. The molecule has 0 radical (unpaired) electrons. The summed E-state index contributed by atoms with van der Waals surface area (Å²) in [5.74, 6) is 0.845. The minimum Gasteiger partial charge on any atom is -0.377 e. The Labute approximate surface area is 160 Å². The number of hydrogen-bond acceptors (Lipinski definition) is 7. The number of fused-ring (bicyclic) bond motifs is 1. The van der Waals surface area contributed by atoms with E-state index in [9.17, 15) is 9.59 Å². The van der Waals surface area contributed by atoms with Gasteiger partial charge in [0.15, 0.2) is 5.65 Å². The number of aromatic nitrogens is 5. The van der Waals surface area contributed by atoms with Crippen molar-refractivity contribution in [3.63, 3.8) is 0 Å². The second kappa shape index (κ2) is 6.52. The summed E-state index contributed by atoms with van der Waals surface area (Å²) >= 11 is 0. The molecule has 3 aromatic rings. The predicted molar refractivity (Wildman–Crippen MR) is 103 cm³/mol. The number of nitrogens with one attached hydrogen (secondary N) is 1. The number of hydrogen-bond donors (Lipinski definition) is 1. The summed E-state index contributed by atoms with van der Waals surface area (Å²) in [5.41, 5.74) is 0.996. The van der Waals surface area contributed by atoms with E-state index in [1.54, 1.807) is 31.4 Å². The summed E-state index contributed by atoms with van der Waals surface area (Å²) in [4.78, 5) is 33.7. The maximum Gasteiger partial charge on any atom is 0.267 e. The first-order valence-electron chi connectivity index (χ1n) is 9.37. The van der Waals surface area contributed by atoms with Gasteiger partial charge in [0, 0.05) is 25.2 Å².